The van der Waals surface area contributed by atoms with E-state index in [0.717, 1.165) is 26.2 Å². The molecule has 0 radical (unpaired) electrons. The molecule has 86 valence electrons. The van der Waals surface area contributed by atoms with Crippen LogP contribution < -0.4 is 0 Å². The summed E-state index contributed by atoms with van der Waals surface area (Å²) in [4.78, 5) is 5.51. The number of aliphatic hydroxyl groups is 1. The minimum absolute atomic E-state index is 0.569. The highest BCUT2D eigenvalue weighted by molar-refractivity contribution is 7.17. The monoisotopic (exact) mass is 261 g/mol. The molecule has 17 heavy (non-hydrogen) atoms. The highest BCUT2D eigenvalue weighted by Gasteiger charge is 2.14. The summed E-state index contributed by atoms with van der Waals surface area (Å²) in [6.45, 7) is 2.03. The Hall–Kier alpha value is -1.23. The Bertz CT molecular complexity index is 656. The molecule has 3 aromatic rings. The number of hydrogen-bond acceptors (Lipinski definition) is 4. The van der Waals surface area contributed by atoms with Crippen molar-refractivity contribution in [1.29, 1.82) is 0 Å². The van der Waals surface area contributed by atoms with Crippen LogP contribution in [-0.2, 0) is 0 Å². The maximum absolute atomic E-state index is 10.3. The fourth-order valence-electron chi connectivity index (χ4n) is 1.87. The average Bonchev–Trinajstić information content (AvgIpc) is 2.95. The number of rotatable bonds is 2. The van der Waals surface area contributed by atoms with Gasteiger partial charge in [0, 0.05) is 16.6 Å². The second-order valence-corrected chi connectivity index (χ2v) is 5.98. The third-order valence-electron chi connectivity index (χ3n) is 2.83. The highest BCUT2D eigenvalue weighted by atomic mass is 32.1. The quantitative estimate of drug-likeness (QED) is 0.762. The second kappa shape index (κ2) is 4.22. The van der Waals surface area contributed by atoms with Crippen LogP contribution in [-0.4, -0.2) is 10.1 Å². The summed E-state index contributed by atoms with van der Waals surface area (Å²) in [6.07, 6.45) is 1.19. The Morgan fingerprint density at radius 1 is 1.24 bits per heavy atom. The fourth-order valence-corrected chi connectivity index (χ4v) is 3.39. The van der Waals surface area contributed by atoms with Gasteiger partial charge >= 0.3 is 0 Å². The zero-order valence-corrected chi connectivity index (χ0v) is 10.9. The lowest BCUT2D eigenvalue weighted by Crippen LogP contribution is -1.99. The van der Waals surface area contributed by atoms with Gasteiger partial charge in [0.25, 0.3) is 0 Å². The number of pyridine rings is 1. The molecule has 0 aliphatic heterocycles. The Balaban J connectivity index is 2.06. The number of hydrogen-bond donors (Lipinski definition) is 1. The lowest BCUT2D eigenvalue weighted by Gasteiger charge is -2.10. The molecule has 0 aromatic carbocycles. The van der Waals surface area contributed by atoms with Gasteiger partial charge in [-0.1, -0.05) is 0 Å². The van der Waals surface area contributed by atoms with Crippen LogP contribution >= 0.6 is 22.7 Å². The summed E-state index contributed by atoms with van der Waals surface area (Å²) < 4.78 is 1.12. The van der Waals surface area contributed by atoms with Crippen molar-refractivity contribution in [2.24, 2.45) is 0 Å². The topological polar surface area (TPSA) is 33.1 Å². The molecule has 1 atom stereocenters. The normalized spacial score (nSPS) is 13.1. The number of fused-ring (bicyclic) bond motifs is 1. The molecule has 3 aromatic heterocycles. The highest BCUT2D eigenvalue weighted by Crippen LogP contribution is 2.30. The van der Waals surface area contributed by atoms with Crippen molar-refractivity contribution >= 4 is 32.9 Å². The van der Waals surface area contributed by atoms with Crippen LogP contribution in [0.4, 0.5) is 0 Å². The third kappa shape index (κ3) is 1.88. The van der Waals surface area contributed by atoms with E-state index in [9.17, 15) is 5.11 Å². The second-order valence-electron chi connectivity index (χ2n) is 3.91. The molecular weight excluding hydrogens is 250 g/mol. The van der Waals surface area contributed by atoms with Gasteiger partial charge in [-0.15, -0.1) is 22.7 Å². The molecule has 0 fully saturated rings. The van der Waals surface area contributed by atoms with E-state index in [1.54, 1.807) is 28.9 Å². The first-order valence-corrected chi connectivity index (χ1v) is 7.07. The summed E-state index contributed by atoms with van der Waals surface area (Å²) in [5.41, 5.74) is 2.84. The molecule has 1 unspecified atom stereocenters. The standard InChI is InChI=1S/C13H11NOS2/c1-8-10(2-4-16-8)13(15)9-6-12-11(14-7-9)3-5-17-12/h2-7,13,15H,1H3. The fraction of sp³-hybridized carbons (Fsp3) is 0.154. The van der Waals surface area contributed by atoms with E-state index >= 15 is 0 Å². The smallest absolute Gasteiger partial charge is 0.107 e. The minimum atomic E-state index is -0.569. The van der Waals surface area contributed by atoms with Crippen LogP contribution in [0.2, 0.25) is 0 Å². The van der Waals surface area contributed by atoms with E-state index in [0.29, 0.717) is 0 Å². The molecule has 0 spiro atoms. The minimum Gasteiger partial charge on any atom is -0.384 e. The Morgan fingerprint density at radius 2 is 2.06 bits per heavy atom. The van der Waals surface area contributed by atoms with Crippen molar-refractivity contribution in [3.63, 3.8) is 0 Å². The Kier molecular flexibility index (Phi) is 2.70. The summed E-state index contributed by atoms with van der Waals surface area (Å²) in [5, 5.41) is 14.4. The van der Waals surface area contributed by atoms with Crippen LogP contribution in [0, 0.1) is 6.92 Å². The van der Waals surface area contributed by atoms with E-state index < -0.39 is 6.10 Å². The van der Waals surface area contributed by atoms with Crippen LogP contribution in [0.5, 0.6) is 0 Å². The van der Waals surface area contributed by atoms with Crippen molar-refractivity contribution in [2.45, 2.75) is 13.0 Å². The van der Waals surface area contributed by atoms with Gasteiger partial charge in [0.1, 0.15) is 6.10 Å². The number of thiophene rings is 2. The molecule has 3 heterocycles. The molecule has 0 amide bonds. The molecule has 2 nitrogen and oxygen atoms in total. The van der Waals surface area contributed by atoms with Gasteiger partial charge in [-0.2, -0.15) is 0 Å². The third-order valence-corrected chi connectivity index (χ3v) is 4.55. The van der Waals surface area contributed by atoms with E-state index in [1.807, 2.05) is 35.9 Å². The molecule has 0 saturated carbocycles. The number of aliphatic hydroxyl groups excluding tert-OH is 1. The first kappa shape index (κ1) is 10.9. The van der Waals surface area contributed by atoms with Crippen LogP contribution in [0.25, 0.3) is 10.2 Å². The summed E-state index contributed by atoms with van der Waals surface area (Å²) in [5.74, 6) is 0. The van der Waals surface area contributed by atoms with Gasteiger partial charge in [0.2, 0.25) is 0 Å². The molecule has 0 bridgehead atoms. The molecule has 4 heteroatoms. The van der Waals surface area contributed by atoms with Gasteiger partial charge in [0.15, 0.2) is 0 Å². The first-order chi connectivity index (χ1) is 8.25. The van der Waals surface area contributed by atoms with Gasteiger partial charge in [0.05, 0.1) is 10.2 Å². The van der Waals surface area contributed by atoms with E-state index in [2.05, 4.69) is 4.98 Å². The van der Waals surface area contributed by atoms with E-state index in [4.69, 9.17) is 0 Å². The van der Waals surface area contributed by atoms with Gasteiger partial charge in [-0.05, 0) is 41.4 Å². The Labute approximate surface area is 107 Å². The van der Waals surface area contributed by atoms with Gasteiger partial charge < -0.3 is 5.11 Å². The lowest BCUT2D eigenvalue weighted by molar-refractivity contribution is 0.220. The number of aryl methyl sites for hydroxylation is 1. The van der Waals surface area contributed by atoms with Crippen molar-refractivity contribution in [3.8, 4) is 0 Å². The molecule has 0 aliphatic carbocycles. The zero-order valence-electron chi connectivity index (χ0n) is 9.25. The SMILES string of the molecule is Cc1sccc1C(O)c1cnc2ccsc2c1. The largest absolute Gasteiger partial charge is 0.384 e. The average molecular weight is 261 g/mol. The first-order valence-electron chi connectivity index (χ1n) is 5.31. The number of aromatic nitrogens is 1. The molecule has 1 N–H and O–H groups in total. The van der Waals surface area contributed by atoms with Gasteiger partial charge in [-0.3, -0.25) is 4.98 Å². The number of nitrogens with zero attached hydrogens (tertiary/aromatic N) is 1. The van der Waals surface area contributed by atoms with Crippen LogP contribution in [0.15, 0.2) is 35.2 Å². The van der Waals surface area contributed by atoms with Crippen molar-refractivity contribution < 1.29 is 5.11 Å². The molecule has 0 aliphatic rings. The maximum Gasteiger partial charge on any atom is 0.107 e. The summed E-state index contributed by atoms with van der Waals surface area (Å²) in [6, 6.07) is 5.99. The Morgan fingerprint density at radius 3 is 2.82 bits per heavy atom. The van der Waals surface area contributed by atoms with Gasteiger partial charge in [-0.25, -0.2) is 0 Å². The molecule has 3 rings (SSSR count). The van der Waals surface area contributed by atoms with E-state index in [-0.39, 0.29) is 0 Å². The predicted molar refractivity (Wildman–Crippen MR) is 72.7 cm³/mol. The van der Waals surface area contributed by atoms with Crippen molar-refractivity contribution in [1.82, 2.24) is 4.98 Å². The van der Waals surface area contributed by atoms with Crippen LogP contribution in [0.1, 0.15) is 22.1 Å². The van der Waals surface area contributed by atoms with Crippen molar-refractivity contribution in [2.75, 3.05) is 0 Å². The molecule has 0 saturated heterocycles. The lowest BCUT2D eigenvalue weighted by atomic mass is 10.0. The summed E-state index contributed by atoms with van der Waals surface area (Å²) in [7, 11) is 0. The van der Waals surface area contributed by atoms with Crippen molar-refractivity contribution in [3.05, 3.63) is 51.2 Å². The zero-order chi connectivity index (χ0) is 11.8. The summed E-state index contributed by atoms with van der Waals surface area (Å²) >= 11 is 3.30. The van der Waals surface area contributed by atoms with Crippen LogP contribution in [0.3, 0.4) is 0 Å². The maximum atomic E-state index is 10.3. The molecular formula is C13H11NOS2. The van der Waals surface area contributed by atoms with E-state index in [1.165, 1.54) is 0 Å². The predicted octanol–water partition coefficient (Wildman–Crippen LogP) is 3.75.